The van der Waals surface area contributed by atoms with E-state index in [0.717, 1.165) is 12.8 Å². The average molecular weight is 205 g/mol. The normalized spacial score (nSPS) is 26.7. The highest BCUT2D eigenvalue weighted by Gasteiger charge is 2.35. The number of carboxylic acid groups (broad SMARTS) is 1. The molecule has 2 atom stereocenters. The third-order valence-corrected chi connectivity index (χ3v) is 3.17. The van der Waals surface area contributed by atoms with E-state index in [0.29, 0.717) is 0 Å². The molecule has 0 unspecified atom stereocenters. The van der Waals surface area contributed by atoms with Crippen LogP contribution in [-0.4, -0.2) is 29.1 Å². The second-order valence-corrected chi connectivity index (χ2v) is 4.02. The highest BCUT2D eigenvalue weighted by atomic mass is 16.4. The molecule has 1 heterocycles. The number of nitrogens with zero attached hydrogens (tertiary/aromatic N) is 1. The zero-order valence-electron chi connectivity index (χ0n) is 8.76. The fraction of sp³-hybridized carbons (Fsp3) is 0.417. The van der Waals surface area contributed by atoms with Crippen LogP contribution in [0, 0.1) is 0 Å². The summed E-state index contributed by atoms with van der Waals surface area (Å²) in [5.74, 6) is -0.712. The second kappa shape index (κ2) is 4.03. The Bertz CT molecular complexity index is 350. The molecule has 1 fully saturated rings. The number of rotatable bonds is 2. The van der Waals surface area contributed by atoms with Crippen LogP contribution in [0.2, 0.25) is 0 Å². The summed E-state index contributed by atoms with van der Waals surface area (Å²) < 4.78 is 0. The molecule has 15 heavy (non-hydrogen) atoms. The third-order valence-electron chi connectivity index (χ3n) is 3.17. The predicted molar refractivity (Wildman–Crippen MR) is 57.6 cm³/mol. The molecule has 0 radical (unpaired) electrons. The standard InChI is InChI=1S/C12H15NO2/c1-13-10(7-8-11(13)12(14)15)9-5-3-2-4-6-9/h2-6,10-11H,7-8H2,1H3,(H,14,15)/t10-,11-/m0/s1. The fourth-order valence-electron chi connectivity index (χ4n) is 2.31. The molecule has 3 heteroatoms. The van der Waals surface area contributed by atoms with E-state index in [1.807, 2.05) is 30.1 Å². The van der Waals surface area contributed by atoms with Gasteiger partial charge in [-0.25, -0.2) is 0 Å². The maximum Gasteiger partial charge on any atom is 0.320 e. The Morgan fingerprint density at radius 3 is 2.53 bits per heavy atom. The zero-order valence-corrected chi connectivity index (χ0v) is 8.76. The van der Waals surface area contributed by atoms with E-state index in [1.165, 1.54) is 5.56 Å². The smallest absolute Gasteiger partial charge is 0.320 e. The number of aliphatic carboxylic acids is 1. The van der Waals surface area contributed by atoms with E-state index >= 15 is 0 Å². The number of hydrogen-bond acceptors (Lipinski definition) is 2. The first-order valence-corrected chi connectivity index (χ1v) is 5.20. The summed E-state index contributed by atoms with van der Waals surface area (Å²) in [6.07, 6.45) is 1.67. The first kappa shape index (κ1) is 10.2. The predicted octanol–water partition coefficient (Wildman–Crippen LogP) is 1.91. The number of likely N-dealkylation sites (tertiary alicyclic amines) is 1. The minimum absolute atomic E-state index is 0.257. The summed E-state index contributed by atoms with van der Waals surface area (Å²) in [5, 5.41) is 9.01. The number of carboxylic acids is 1. The molecule has 80 valence electrons. The van der Waals surface area contributed by atoms with E-state index < -0.39 is 5.97 Å². The van der Waals surface area contributed by atoms with Gasteiger partial charge < -0.3 is 5.11 Å². The van der Waals surface area contributed by atoms with E-state index in [-0.39, 0.29) is 12.1 Å². The first-order chi connectivity index (χ1) is 7.20. The van der Waals surface area contributed by atoms with E-state index in [9.17, 15) is 4.79 Å². The largest absolute Gasteiger partial charge is 0.480 e. The number of hydrogen-bond donors (Lipinski definition) is 1. The Morgan fingerprint density at radius 2 is 2.00 bits per heavy atom. The van der Waals surface area contributed by atoms with Crippen molar-refractivity contribution in [1.82, 2.24) is 4.90 Å². The van der Waals surface area contributed by atoms with Gasteiger partial charge in [0.05, 0.1) is 0 Å². The minimum Gasteiger partial charge on any atom is -0.480 e. The van der Waals surface area contributed by atoms with Crippen molar-refractivity contribution in [3.63, 3.8) is 0 Å². The molecule has 3 nitrogen and oxygen atoms in total. The van der Waals surface area contributed by atoms with E-state index in [2.05, 4.69) is 12.1 Å². The summed E-state index contributed by atoms with van der Waals surface area (Å²) in [6, 6.07) is 10.0. The van der Waals surface area contributed by atoms with E-state index in [4.69, 9.17) is 5.11 Å². The maximum atomic E-state index is 10.9. The van der Waals surface area contributed by atoms with Gasteiger partial charge in [0.25, 0.3) is 0 Å². The molecular weight excluding hydrogens is 190 g/mol. The first-order valence-electron chi connectivity index (χ1n) is 5.20. The van der Waals surface area contributed by atoms with Gasteiger partial charge in [-0.15, -0.1) is 0 Å². The lowest BCUT2D eigenvalue weighted by Crippen LogP contribution is -2.34. The van der Waals surface area contributed by atoms with Gasteiger partial charge in [-0.3, -0.25) is 9.69 Å². The molecule has 1 N–H and O–H groups in total. The Labute approximate surface area is 89.3 Å². The molecule has 1 aliphatic heterocycles. The monoisotopic (exact) mass is 205 g/mol. The summed E-state index contributed by atoms with van der Waals surface area (Å²) in [7, 11) is 1.89. The second-order valence-electron chi connectivity index (χ2n) is 4.02. The highest BCUT2D eigenvalue weighted by molar-refractivity contribution is 5.73. The van der Waals surface area contributed by atoms with Gasteiger partial charge in [0.2, 0.25) is 0 Å². The molecule has 1 aromatic rings. The molecule has 0 aromatic heterocycles. The van der Waals surface area contributed by atoms with Gasteiger partial charge in [-0.2, -0.15) is 0 Å². The SMILES string of the molecule is CN1[C@H](C(=O)O)CC[C@H]1c1ccccc1. The van der Waals surface area contributed by atoms with Crippen molar-refractivity contribution in [2.24, 2.45) is 0 Å². The van der Waals surface area contributed by atoms with Crippen LogP contribution in [0.4, 0.5) is 0 Å². The van der Waals surface area contributed by atoms with Crippen molar-refractivity contribution in [3.8, 4) is 0 Å². The molecule has 0 bridgehead atoms. The Balaban J connectivity index is 2.17. The summed E-state index contributed by atoms with van der Waals surface area (Å²) >= 11 is 0. The van der Waals surface area contributed by atoms with Crippen molar-refractivity contribution in [1.29, 1.82) is 0 Å². The molecule has 0 amide bonds. The number of carbonyl (C=O) groups is 1. The molecule has 1 saturated heterocycles. The molecule has 1 aliphatic rings. The third kappa shape index (κ3) is 1.88. The van der Waals surface area contributed by atoms with Crippen LogP contribution in [0.15, 0.2) is 30.3 Å². The molecule has 0 aliphatic carbocycles. The van der Waals surface area contributed by atoms with Crippen LogP contribution in [-0.2, 0) is 4.79 Å². The van der Waals surface area contributed by atoms with Crippen LogP contribution < -0.4 is 0 Å². The molecular formula is C12H15NO2. The van der Waals surface area contributed by atoms with Crippen LogP contribution in [0.3, 0.4) is 0 Å². The van der Waals surface area contributed by atoms with Crippen LogP contribution in [0.1, 0.15) is 24.4 Å². The lowest BCUT2D eigenvalue weighted by atomic mass is 10.1. The van der Waals surface area contributed by atoms with Crippen molar-refractivity contribution in [3.05, 3.63) is 35.9 Å². The fourth-order valence-corrected chi connectivity index (χ4v) is 2.31. The number of likely N-dealkylation sites (N-methyl/N-ethyl adjacent to an activating group) is 1. The summed E-state index contributed by atoms with van der Waals surface area (Å²) in [5.41, 5.74) is 1.21. The summed E-state index contributed by atoms with van der Waals surface area (Å²) in [6.45, 7) is 0. The minimum atomic E-state index is -0.712. The Morgan fingerprint density at radius 1 is 1.33 bits per heavy atom. The van der Waals surface area contributed by atoms with Crippen molar-refractivity contribution < 1.29 is 9.90 Å². The maximum absolute atomic E-state index is 10.9. The van der Waals surface area contributed by atoms with Crippen molar-refractivity contribution >= 4 is 5.97 Å². The van der Waals surface area contributed by atoms with Gasteiger partial charge >= 0.3 is 5.97 Å². The average Bonchev–Trinajstić information content (AvgIpc) is 2.61. The van der Waals surface area contributed by atoms with Gasteiger partial charge in [-0.1, -0.05) is 30.3 Å². The van der Waals surface area contributed by atoms with Gasteiger partial charge in [0, 0.05) is 6.04 Å². The zero-order chi connectivity index (χ0) is 10.8. The van der Waals surface area contributed by atoms with Gasteiger partial charge in [-0.05, 0) is 25.5 Å². The van der Waals surface area contributed by atoms with Crippen LogP contribution in [0.25, 0.3) is 0 Å². The lowest BCUT2D eigenvalue weighted by Gasteiger charge is -2.23. The van der Waals surface area contributed by atoms with Crippen LogP contribution in [0.5, 0.6) is 0 Å². The van der Waals surface area contributed by atoms with Crippen molar-refractivity contribution in [2.45, 2.75) is 24.9 Å². The molecule has 2 rings (SSSR count). The molecule has 0 saturated carbocycles. The van der Waals surface area contributed by atoms with Crippen molar-refractivity contribution in [2.75, 3.05) is 7.05 Å². The molecule has 1 aromatic carbocycles. The van der Waals surface area contributed by atoms with Gasteiger partial charge in [0.1, 0.15) is 6.04 Å². The van der Waals surface area contributed by atoms with Gasteiger partial charge in [0.15, 0.2) is 0 Å². The number of benzene rings is 1. The summed E-state index contributed by atoms with van der Waals surface area (Å²) in [4.78, 5) is 12.9. The lowest BCUT2D eigenvalue weighted by molar-refractivity contribution is -0.142. The van der Waals surface area contributed by atoms with E-state index in [1.54, 1.807) is 0 Å². The molecule has 0 spiro atoms. The Kier molecular flexibility index (Phi) is 2.73. The highest BCUT2D eigenvalue weighted by Crippen LogP contribution is 2.34. The Hall–Kier alpha value is -1.35. The van der Waals surface area contributed by atoms with Crippen LogP contribution >= 0.6 is 0 Å². The topological polar surface area (TPSA) is 40.5 Å². The quantitative estimate of drug-likeness (QED) is 0.801.